The van der Waals surface area contributed by atoms with Gasteiger partial charge in [-0.2, -0.15) is 0 Å². The van der Waals surface area contributed by atoms with E-state index in [0.29, 0.717) is 11.5 Å². The van der Waals surface area contributed by atoms with Crippen LogP contribution in [0.1, 0.15) is 77.7 Å². The van der Waals surface area contributed by atoms with Gasteiger partial charge in [-0.15, -0.1) is 0 Å². The molecule has 2 aromatic rings. The van der Waals surface area contributed by atoms with Crippen molar-refractivity contribution in [1.82, 2.24) is 5.32 Å². The highest BCUT2D eigenvalue weighted by molar-refractivity contribution is 5.84. The molecule has 0 unspecified atom stereocenters. The number of hydrogen-bond acceptors (Lipinski definition) is 2. The molecule has 0 aromatic heterocycles. The van der Waals surface area contributed by atoms with E-state index in [1.165, 1.54) is 67.7 Å². The first-order valence-corrected chi connectivity index (χ1v) is 11.4. The van der Waals surface area contributed by atoms with Crippen LogP contribution in [0.3, 0.4) is 0 Å². The quantitative estimate of drug-likeness (QED) is 0.613. The first kappa shape index (κ1) is 19.8. The normalized spacial score (nSPS) is 24.0. The molecule has 2 saturated carbocycles. The Balaban J connectivity index is 1.35. The second-order valence-electron chi connectivity index (χ2n) is 10.2. The Morgan fingerprint density at radius 2 is 1.54 bits per heavy atom. The van der Waals surface area contributed by atoms with Gasteiger partial charge in [-0.1, -0.05) is 51.8 Å². The SMILES string of the molecule is CC(C)(C)[C@H]1CC[C@H](Oc2ccc3cc(CNC4CCCC4)ccc3c2)CC1. The van der Waals surface area contributed by atoms with Crippen LogP contribution in [0, 0.1) is 11.3 Å². The molecule has 0 aliphatic heterocycles. The van der Waals surface area contributed by atoms with Crippen molar-refractivity contribution in [2.75, 3.05) is 0 Å². The molecular weight excluding hydrogens is 342 g/mol. The Hall–Kier alpha value is -1.54. The predicted molar refractivity (Wildman–Crippen MR) is 119 cm³/mol. The molecule has 0 atom stereocenters. The average Bonchev–Trinajstić information content (AvgIpc) is 3.20. The van der Waals surface area contributed by atoms with Gasteiger partial charge in [0.05, 0.1) is 6.10 Å². The first-order valence-electron chi connectivity index (χ1n) is 11.4. The van der Waals surface area contributed by atoms with E-state index < -0.39 is 0 Å². The van der Waals surface area contributed by atoms with Crippen molar-refractivity contribution in [1.29, 1.82) is 0 Å². The van der Waals surface area contributed by atoms with Gasteiger partial charge in [0.1, 0.15) is 5.75 Å². The lowest BCUT2D eigenvalue weighted by Gasteiger charge is -2.37. The van der Waals surface area contributed by atoms with Gasteiger partial charge in [-0.25, -0.2) is 0 Å². The molecule has 0 saturated heterocycles. The van der Waals surface area contributed by atoms with Crippen molar-refractivity contribution >= 4 is 10.8 Å². The van der Waals surface area contributed by atoms with Crippen molar-refractivity contribution < 1.29 is 4.74 Å². The van der Waals surface area contributed by atoms with E-state index in [4.69, 9.17) is 4.74 Å². The zero-order valence-electron chi connectivity index (χ0n) is 18.0. The molecule has 0 radical (unpaired) electrons. The maximum Gasteiger partial charge on any atom is 0.120 e. The van der Waals surface area contributed by atoms with E-state index >= 15 is 0 Å². The lowest BCUT2D eigenvalue weighted by molar-refractivity contribution is 0.0883. The summed E-state index contributed by atoms with van der Waals surface area (Å²) in [6, 6.07) is 14.2. The standard InChI is InChI=1S/C26H37NO/c1-26(2,3)22-11-14-24(15-12-22)28-25-13-10-20-16-19(8-9-21(20)17-25)18-27-23-6-4-5-7-23/h8-10,13,16-17,22-24,27H,4-7,11-12,14-15,18H2,1-3H3/t22-,24-. The zero-order chi connectivity index (χ0) is 19.6. The Kier molecular flexibility index (Phi) is 5.96. The van der Waals surface area contributed by atoms with Crippen molar-refractivity contribution in [3.05, 3.63) is 42.0 Å². The van der Waals surface area contributed by atoms with Gasteiger partial charge in [0.25, 0.3) is 0 Å². The van der Waals surface area contributed by atoms with Crippen LogP contribution in [0.15, 0.2) is 36.4 Å². The number of nitrogens with one attached hydrogen (secondary N) is 1. The minimum absolute atomic E-state index is 0.380. The summed E-state index contributed by atoms with van der Waals surface area (Å²) in [6.07, 6.45) is 10.8. The lowest BCUT2D eigenvalue weighted by atomic mass is 9.72. The monoisotopic (exact) mass is 379 g/mol. The van der Waals surface area contributed by atoms with Crippen molar-refractivity contribution in [2.45, 2.75) is 90.8 Å². The topological polar surface area (TPSA) is 21.3 Å². The largest absolute Gasteiger partial charge is 0.490 e. The van der Waals surface area contributed by atoms with Gasteiger partial charge in [-0.05, 0) is 84.4 Å². The highest BCUT2D eigenvalue weighted by Crippen LogP contribution is 2.39. The van der Waals surface area contributed by atoms with Crippen LogP contribution in [0.4, 0.5) is 0 Å². The van der Waals surface area contributed by atoms with E-state index in [2.05, 4.69) is 62.5 Å². The summed E-state index contributed by atoms with van der Waals surface area (Å²) in [7, 11) is 0. The molecule has 2 nitrogen and oxygen atoms in total. The number of rotatable bonds is 5. The molecule has 0 bridgehead atoms. The van der Waals surface area contributed by atoms with Crippen LogP contribution < -0.4 is 10.1 Å². The third-order valence-corrected chi connectivity index (χ3v) is 7.03. The smallest absolute Gasteiger partial charge is 0.120 e. The van der Waals surface area contributed by atoms with Crippen molar-refractivity contribution in [3.8, 4) is 5.75 Å². The van der Waals surface area contributed by atoms with Gasteiger partial charge in [-0.3, -0.25) is 0 Å². The molecule has 0 amide bonds. The predicted octanol–water partition coefficient (Wildman–Crippen LogP) is 6.86. The number of benzene rings is 2. The van der Waals surface area contributed by atoms with Crippen LogP contribution in [-0.4, -0.2) is 12.1 Å². The summed E-state index contributed by atoms with van der Waals surface area (Å²) in [5, 5.41) is 6.31. The van der Waals surface area contributed by atoms with Crippen LogP contribution in [0.25, 0.3) is 10.8 Å². The molecule has 1 N–H and O–H groups in total. The molecule has 0 spiro atoms. The van der Waals surface area contributed by atoms with Gasteiger partial charge in [0, 0.05) is 12.6 Å². The second-order valence-corrected chi connectivity index (χ2v) is 10.2. The third-order valence-electron chi connectivity index (χ3n) is 7.03. The molecule has 0 heterocycles. The molecule has 2 aromatic carbocycles. The summed E-state index contributed by atoms with van der Waals surface area (Å²) in [4.78, 5) is 0. The Morgan fingerprint density at radius 3 is 2.25 bits per heavy atom. The van der Waals surface area contributed by atoms with E-state index in [1.54, 1.807) is 0 Å². The Morgan fingerprint density at radius 1 is 0.857 bits per heavy atom. The fourth-order valence-corrected chi connectivity index (χ4v) is 5.09. The molecular formula is C26H37NO. The number of fused-ring (bicyclic) bond motifs is 1. The minimum Gasteiger partial charge on any atom is -0.490 e. The van der Waals surface area contributed by atoms with E-state index in [1.807, 2.05) is 0 Å². The summed E-state index contributed by atoms with van der Waals surface area (Å²) in [6.45, 7) is 8.11. The molecule has 152 valence electrons. The third kappa shape index (κ3) is 4.89. The van der Waals surface area contributed by atoms with Gasteiger partial charge in [0.15, 0.2) is 0 Å². The van der Waals surface area contributed by atoms with E-state index in [9.17, 15) is 0 Å². The molecule has 2 heteroatoms. The summed E-state index contributed by atoms with van der Waals surface area (Å²) < 4.78 is 6.36. The van der Waals surface area contributed by atoms with Gasteiger partial charge in [0.2, 0.25) is 0 Å². The summed E-state index contributed by atoms with van der Waals surface area (Å²) >= 11 is 0. The lowest BCUT2D eigenvalue weighted by Crippen LogP contribution is -2.30. The molecule has 28 heavy (non-hydrogen) atoms. The van der Waals surface area contributed by atoms with E-state index in [0.717, 1.165) is 24.3 Å². The Bertz CT molecular complexity index is 777. The highest BCUT2D eigenvalue weighted by Gasteiger charge is 2.30. The maximum atomic E-state index is 6.36. The number of hydrogen-bond donors (Lipinski definition) is 1. The van der Waals surface area contributed by atoms with Gasteiger partial charge >= 0.3 is 0 Å². The maximum absolute atomic E-state index is 6.36. The first-order chi connectivity index (χ1) is 13.5. The van der Waals surface area contributed by atoms with Crippen LogP contribution in [0.5, 0.6) is 5.75 Å². The molecule has 2 aliphatic carbocycles. The minimum atomic E-state index is 0.380. The van der Waals surface area contributed by atoms with Crippen molar-refractivity contribution in [3.63, 3.8) is 0 Å². The molecule has 4 rings (SSSR count). The van der Waals surface area contributed by atoms with E-state index in [-0.39, 0.29) is 0 Å². The van der Waals surface area contributed by atoms with Crippen LogP contribution in [-0.2, 0) is 6.54 Å². The molecule has 2 aliphatic rings. The van der Waals surface area contributed by atoms with Crippen LogP contribution >= 0.6 is 0 Å². The average molecular weight is 380 g/mol. The number of ether oxygens (including phenoxy) is 1. The fraction of sp³-hybridized carbons (Fsp3) is 0.615. The summed E-state index contributed by atoms with van der Waals surface area (Å²) in [5.41, 5.74) is 1.81. The zero-order valence-corrected chi connectivity index (χ0v) is 18.0. The van der Waals surface area contributed by atoms with Crippen molar-refractivity contribution in [2.24, 2.45) is 11.3 Å². The summed E-state index contributed by atoms with van der Waals surface area (Å²) in [5.74, 6) is 1.86. The fourth-order valence-electron chi connectivity index (χ4n) is 5.09. The molecule has 2 fully saturated rings. The van der Waals surface area contributed by atoms with Crippen LogP contribution in [0.2, 0.25) is 0 Å². The Labute approximate surface area is 171 Å². The second kappa shape index (κ2) is 8.45. The highest BCUT2D eigenvalue weighted by atomic mass is 16.5. The van der Waals surface area contributed by atoms with Gasteiger partial charge < -0.3 is 10.1 Å².